The van der Waals surface area contributed by atoms with Crippen molar-refractivity contribution in [1.29, 1.82) is 0 Å². The SMILES string of the molecule is CCc1cc(C(CC)CC(=O)CC(CC)c2cc(CC)c(CC)o2)oc1CC. The molecule has 2 aromatic rings. The van der Waals surface area contributed by atoms with Crippen molar-refractivity contribution in [1.82, 2.24) is 0 Å². The van der Waals surface area contributed by atoms with E-state index in [4.69, 9.17) is 8.83 Å². The highest BCUT2D eigenvalue weighted by Crippen LogP contribution is 2.33. The second-order valence-corrected chi connectivity index (χ2v) is 7.77. The Labute approximate surface area is 170 Å². The summed E-state index contributed by atoms with van der Waals surface area (Å²) in [5, 5.41) is 0. The van der Waals surface area contributed by atoms with Crippen LogP contribution in [0.15, 0.2) is 21.0 Å². The van der Waals surface area contributed by atoms with Gasteiger partial charge in [0.25, 0.3) is 0 Å². The number of aryl methyl sites for hydroxylation is 4. The average Bonchev–Trinajstić information content (AvgIpc) is 3.33. The van der Waals surface area contributed by atoms with E-state index >= 15 is 0 Å². The third-order valence-corrected chi connectivity index (χ3v) is 5.97. The summed E-state index contributed by atoms with van der Waals surface area (Å²) in [7, 11) is 0. The van der Waals surface area contributed by atoms with Gasteiger partial charge in [-0.15, -0.1) is 0 Å². The summed E-state index contributed by atoms with van der Waals surface area (Å²) >= 11 is 0. The van der Waals surface area contributed by atoms with Crippen molar-refractivity contribution in [2.45, 2.75) is 105 Å². The number of carbonyl (C=O) groups is 1. The Morgan fingerprint density at radius 3 is 1.36 bits per heavy atom. The molecule has 2 atom stereocenters. The Morgan fingerprint density at radius 1 is 0.714 bits per heavy atom. The Kier molecular flexibility index (Phi) is 8.59. The molecule has 0 spiro atoms. The zero-order valence-corrected chi connectivity index (χ0v) is 18.7. The molecule has 0 amide bonds. The summed E-state index contributed by atoms with van der Waals surface area (Å²) in [5.41, 5.74) is 2.56. The standard InChI is InChI=1S/C25H38O3/c1-7-17(24-15-19(9-3)22(11-5)27-24)13-21(26)14-18(8-2)25-16-20(10-4)23(12-6)28-25/h15-18H,7-14H2,1-6H3. The average molecular weight is 387 g/mol. The van der Waals surface area contributed by atoms with Crippen molar-refractivity contribution < 1.29 is 13.6 Å². The third-order valence-electron chi connectivity index (χ3n) is 5.97. The smallest absolute Gasteiger partial charge is 0.134 e. The number of rotatable bonds is 12. The maximum Gasteiger partial charge on any atom is 0.134 e. The fourth-order valence-corrected chi connectivity index (χ4v) is 4.10. The molecule has 3 heteroatoms. The van der Waals surface area contributed by atoms with Crippen LogP contribution in [0.4, 0.5) is 0 Å². The maximum absolute atomic E-state index is 12.9. The van der Waals surface area contributed by atoms with Crippen LogP contribution in [-0.2, 0) is 30.5 Å². The van der Waals surface area contributed by atoms with Crippen LogP contribution in [0.25, 0.3) is 0 Å². The van der Waals surface area contributed by atoms with Gasteiger partial charge < -0.3 is 8.83 Å². The third kappa shape index (κ3) is 5.18. The first-order chi connectivity index (χ1) is 13.5. The summed E-state index contributed by atoms with van der Waals surface area (Å²) in [5.74, 6) is 4.76. The predicted octanol–water partition coefficient (Wildman–Crippen LogP) is 7.16. The van der Waals surface area contributed by atoms with Crippen LogP contribution in [0, 0.1) is 0 Å². The highest BCUT2D eigenvalue weighted by Gasteiger charge is 2.24. The zero-order chi connectivity index (χ0) is 20.7. The lowest BCUT2D eigenvalue weighted by Gasteiger charge is -2.15. The first-order valence-electron chi connectivity index (χ1n) is 11.2. The number of hydrogen-bond donors (Lipinski definition) is 0. The van der Waals surface area contributed by atoms with Gasteiger partial charge in [0.2, 0.25) is 0 Å². The van der Waals surface area contributed by atoms with Crippen LogP contribution in [0.3, 0.4) is 0 Å². The normalized spacial score (nSPS) is 13.6. The highest BCUT2D eigenvalue weighted by molar-refractivity contribution is 5.80. The minimum atomic E-state index is 0.171. The Balaban J connectivity index is 2.09. The summed E-state index contributed by atoms with van der Waals surface area (Å²) in [6.45, 7) is 12.8. The van der Waals surface area contributed by atoms with Crippen molar-refractivity contribution in [2.75, 3.05) is 0 Å². The summed E-state index contributed by atoms with van der Waals surface area (Å²) < 4.78 is 12.2. The van der Waals surface area contributed by atoms with Crippen LogP contribution >= 0.6 is 0 Å². The molecule has 0 aliphatic rings. The molecule has 0 saturated carbocycles. The molecule has 2 unspecified atom stereocenters. The van der Waals surface area contributed by atoms with E-state index in [-0.39, 0.29) is 11.8 Å². The van der Waals surface area contributed by atoms with Crippen LogP contribution < -0.4 is 0 Å². The molecule has 0 radical (unpaired) electrons. The summed E-state index contributed by atoms with van der Waals surface area (Å²) in [6.07, 6.45) is 6.71. The molecular formula is C25H38O3. The second kappa shape index (κ2) is 10.7. The highest BCUT2D eigenvalue weighted by atomic mass is 16.3. The fraction of sp³-hybridized carbons (Fsp3) is 0.640. The van der Waals surface area contributed by atoms with Crippen LogP contribution in [0.5, 0.6) is 0 Å². The van der Waals surface area contributed by atoms with E-state index in [2.05, 4.69) is 53.7 Å². The zero-order valence-electron chi connectivity index (χ0n) is 18.7. The van der Waals surface area contributed by atoms with Gasteiger partial charge in [-0.3, -0.25) is 4.79 Å². The number of Topliss-reactive ketones (excluding diaryl/α,β-unsaturated/α-hetero) is 1. The fourth-order valence-electron chi connectivity index (χ4n) is 4.10. The van der Waals surface area contributed by atoms with Crippen molar-refractivity contribution in [3.05, 3.63) is 46.3 Å². The van der Waals surface area contributed by atoms with Gasteiger partial charge in [0.1, 0.15) is 28.8 Å². The molecule has 0 bridgehead atoms. The van der Waals surface area contributed by atoms with Crippen LogP contribution in [-0.4, -0.2) is 5.78 Å². The molecule has 0 saturated heterocycles. The minimum Gasteiger partial charge on any atom is -0.466 e. The first kappa shape index (κ1) is 22.5. The van der Waals surface area contributed by atoms with E-state index in [9.17, 15) is 4.79 Å². The quantitative estimate of drug-likeness (QED) is 0.389. The summed E-state index contributed by atoms with van der Waals surface area (Å²) in [6, 6.07) is 4.34. The van der Waals surface area contributed by atoms with Gasteiger partial charge in [-0.25, -0.2) is 0 Å². The lowest BCUT2D eigenvalue weighted by Crippen LogP contribution is -2.10. The molecule has 2 aromatic heterocycles. The summed E-state index contributed by atoms with van der Waals surface area (Å²) in [4.78, 5) is 12.9. The van der Waals surface area contributed by atoms with E-state index in [1.807, 2.05) is 0 Å². The van der Waals surface area contributed by atoms with Gasteiger partial charge in [-0.05, 0) is 48.9 Å². The van der Waals surface area contributed by atoms with Gasteiger partial charge in [0.15, 0.2) is 0 Å². The van der Waals surface area contributed by atoms with Crippen LogP contribution in [0.2, 0.25) is 0 Å². The van der Waals surface area contributed by atoms with Gasteiger partial charge in [-0.1, -0.05) is 41.5 Å². The number of furan rings is 2. The van der Waals surface area contributed by atoms with E-state index in [0.717, 1.165) is 61.6 Å². The Morgan fingerprint density at radius 2 is 1.11 bits per heavy atom. The van der Waals surface area contributed by atoms with Crippen LogP contribution in [0.1, 0.15) is 113 Å². The molecule has 156 valence electrons. The van der Waals surface area contributed by atoms with Gasteiger partial charge in [0, 0.05) is 37.5 Å². The predicted molar refractivity (Wildman–Crippen MR) is 115 cm³/mol. The minimum absolute atomic E-state index is 0.171. The van der Waals surface area contributed by atoms with Crippen molar-refractivity contribution >= 4 is 5.78 Å². The molecule has 0 aliphatic heterocycles. The molecule has 2 rings (SSSR count). The second-order valence-electron chi connectivity index (χ2n) is 7.77. The first-order valence-corrected chi connectivity index (χ1v) is 11.2. The topological polar surface area (TPSA) is 43.4 Å². The molecule has 2 heterocycles. The lowest BCUT2D eigenvalue weighted by molar-refractivity contribution is -0.120. The van der Waals surface area contributed by atoms with Gasteiger partial charge in [0.05, 0.1) is 0 Å². The van der Waals surface area contributed by atoms with Crippen molar-refractivity contribution in [3.8, 4) is 0 Å². The van der Waals surface area contributed by atoms with E-state index in [1.54, 1.807) is 0 Å². The molecule has 28 heavy (non-hydrogen) atoms. The largest absolute Gasteiger partial charge is 0.466 e. The van der Waals surface area contributed by atoms with Gasteiger partial charge in [-0.2, -0.15) is 0 Å². The lowest BCUT2D eigenvalue weighted by atomic mass is 9.90. The van der Waals surface area contributed by atoms with E-state index in [0.29, 0.717) is 18.6 Å². The van der Waals surface area contributed by atoms with E-state index < -0.39 is 0 Å². The Hall–Kier alpha value is -1.77. The van der Waals surface area contributed by atoms with Gasteiger partial charge >= 0.3 is 0 Å². The number of carbonyl (C=O) groups excluding carboxylic acids is 1. The molecule has 0 aliphatic carbocycles. The maximum atomic E-state index is 12.9. The molecule has 0 aromatic carbocycles. The molecule has 0 N–H and O–H groups in total. The van der Waals surface area contributed by atoms with Crippen molar-refractivity contribution in [3.63, 3.8) is 0 Å². The Bertz CT molecular complexity index is 645. The number of ketones is 1. The molecular weight excluding hydrogens is 348 g/mol. The van der Waals surface area contributed by atoms with Crippen molar-refractivity contribution in [2.24, 2.45) is 0 Å². The monoisotopic (exact) mass is 386 g/mol. The number of hydrogen-bond acceptors (Lipinski definition) is 3. The molecule has 3 nitrogen and oxygen atoms in total. The van der Waals surface area contributed by atoms with E-state index in [1.165, 1.54) is 11.1 Å². The molecule has 0 fully saturated rings.